The van der Waals surface area contributed by atoms with Crippen molar-refractivity contribution in [3.05, 3.63) is 37.8 Å². The Balaban J connectivity index is 2.29. The number of hydrogen-bond acceptors (Lipinski definition) is 3. The first-order chi connectivity index (χ1) is 9.58. The number of hydrogen-bond donors (Lipinski definition) is 1. The summed E-state index contributed by atoms with van der Waals surface area (Å²) in [5.74, 6) is 0. The first-order valence-corrected chi connectivity index (χ1v) is 8.38. The molecule has 0 radical (unpaired) electrons. The van der Waals surface area contributed by atoms with Crippen LogP contribution in [0.25, 0.3) is 0 Å². The van der Waals surface area contributed by atoms with Crippen molar-refractivity contribution in [3.63, 3.8) is 0 Å². The number of halogens is 2. The lowest BCUT2D eigenvalue weighted by molar-refractivity contribution is 0.536. The zero-order valence-electron chi connectivity index (χ0n) is 11.9. The van der Waals surface area contributed by atoms with Gasteiger partial charge in [0.1, 0.15) is 0 Å². The van der Waals surface area contributed by atoms with Gasteiger partial charge in [-0.2, -0.15) is 5.10 Å². The molecule has 0 aliphatic rings. The fourth-order valence-corrected chi connectivity index (χ4v) is 3.93. The van der Waals surface area contributed by atoms with Gasteiger partial charge in [-0.15, -0.1) is 11.3 Å². The van der Waals surface area contributed by atoms with Crippen molar-refractivity contribution in [3.8, 4) is 0 Å². The van der Waals surface area contributed by atoms with Gasteiger partial charge in [0.25, 0.3) is 0 Å². The average molecular weight is 332 g/mol. The number of nitrogens with zero attached hydrogens (tertiary/aromatic N) is 2. The molecule has 0 bridgehead atoms. The zero-order chi connectivity index (χ0) is 14.7. The van der Waals surface area contributed by atoms with E-state index in [9.17, 15) is 0 Å². The Labute approximate surface area is 133 Å². The Hall–Kier alpha value is -0.550. The molecule has 0 aliphatic heterocycles. The summed E-state index contributed by atoms with van der Waals surface area (Å²) in [5.41, 5.74) is 2.01. The molecule has 0 spiro atoms. The van der Waals surface area contributed by atoms with E-state index in [2.05, 4.69) is 24.3 Å². The molecule has 6 heteroatoms. The minimum absolute atomic E-state index is 0.171. The molecule has 0 amide bonds. The highest BCUT2D eigenvalue weighted by atomic mass is 35.5. The van der Waals surface area contributed by atoms with Crippen molar-refractivity contribution in [2.24, 2.45) is 7.05 Å². The van der Waals surface area contributed by atoms with Crippen molar-refractivity contribution in [2.45, 2.75) is 32.7 Å². The molecule has 0 aliphatic carbocycles. The standard InChI is InChI=1S/C14H19Cl2N3S/c1-4-10-13(16)12(19(3)18-10)8-11(17-5-2)14-9(15)6-7-20-14/h6-7,11,17H,4-5,8H2,1-3H3. The van der Waals surface area contributed by atoms with Gasteiger partial charge < -0.3 is 5.32 Å². The lowest BCUT2D eigenvalue weighted by Crippen LogP contribution is -2.23. The number of rotatable bonds is 6. The van der Waals surface area contributed by atoms with Crippen LogP contribution in [-0.4, -0.2) is 16.3 Å². The molecule has 2 heterocycles. The van der Waals surface area contributed by atoms with Gasteiger partial charge in [-0.05, 0) is 24.4 Å². The molecule has 0 saturated heterocycles. The molecular weight excluding hydrogens is 313 g/mol. The van der Waals surface area contributed by atoms with Gasteiger partial charge in [-0.1, -0.05) is 37.0 Å². The summed E-state index contributed by atoms with van der Waals surface area (Å²) < 4.78 is 1.88. The largest absolute Gasteiger partial charge is 0.309 e. The van der Waals surface area contributed by atoms with Crippen LogP contribution in [0.2, 0.25) is 10.0 Å². The van der Waals surface area contributed by atoms with Crippen molar-refractivity contribution in [1.29, 1.82) is 0 Å². The molecule has 20 heavy (non-hydrogen) atoms. The van der Waals surface area contributed by atoms with E-state index in [0.29, 0.717) is 0 Å². The predicted molar refractivity (Wildman–Crippen MR) is 87.0 cm³/mol. The summed E-state index contributed by atoms with van der Waals surface area (Å²) in [7, 11) is 1.94. The van der Waals surface area contributed by atoms with Gasteiger partial charge in [-0.25, -0.2) is 0 Å². The number of nitrogens with one attached hydrogen (secondary N) is 1. The van der Waals surface area contributed by atoms with Crippen LogP contribution in [0.1, 0.15) is 36.2 Å². The van der Waals surface area contributed by atoms with Crippen LogP contribution in [0, 0.1) is 0 Å². The van der Waals surface area contributed by atoms with Gasteiger partial charge >= 0.3 is 0 Å². The minimum atomic E-state index is 0.171. The summed E-state index contributed by atoms with van der Waals surface area (Å²) in [6.07, 6.45) is 1.63. The number of aryl methyl sites for hydroxylation is 2. The van der Waals surface area contributed by atoms with E-state index in [1.807, 2.05) is 23.2 Å². The summed E-state index contributed by atoms with van der Waals surface area (Å²) in [5, 5.41) is 11.6. The Morgan fingerprint density at radius 3 is 2.65 bits per heavy atom. The Bertz CT molecular complexity index is 577. The minimum Gasteiger partial charge on any atom is -0.309 e. The molecule has 1 atom stereocenters. The second-order valence-electron chi connectivity index (χ2n) is 4.63. The van der Waals surface area contributed by atoms with E-state index in [1.165, 1.54) is 0 Å². The number of aromatic nitrogens is 2. The first kappa shape index (κ1) is 15.8. The third kappa shape index (κ3) is 3.19. The van der Waals surface area contributed by atoms with Crippen LogP contribution >= 0.6 is 34.5 Å². The molecule has 0 saturated carbocycles. The normalized spacial score (nSPS) is 12.8. The van der Waals surface area contributed by atoms with Crippen molar-refractivity contribution >= 4 is 34.5 Å². The summed E-state index contributed by atoms with van der Waals surface area (Å²) >= 11 is 14.4. The van der Waals surface area contributed by atoms with Crippen LogP contribution in [0.15, 0.2) is 11.4 Å². The molecule has 1 unspecified atom stereocenters. The fraction of sp³-hybridized carbons (Fsp3) is 0.500. The maximum Gasteiger partial charge on any atom is 0.0850 e. The molecule has 110 valence electrons. The topological polar surface area (TPSA) is 29.9 Å². The smallest absolute Gasteiger partial charge is 0.0850 e. The fourth-order valence-electron chi connectivity index (χ4n) is 2.29. The highest BCUT2D eigenvalue weighted by molar-refractivity contribution is 7.10. The van der Waals surface area contributed by atoms with Crippen LogP contribution in [0.5, 0.6) is 0 Å². The maximum absolute atomic E-state index is 6.43. The van der Waals surface area contributed by atoms with E-state index in [-0.39, 0.29) is 6.04 Å². The lowest BCUT2D eigenvalue weighted by Gasteiger charge is -2.17. The molecule has 2 aromatic heterocycles. The van der Waals surface area contributed by atoms with Gasteiger partial charge in [0, 0.05) is 24.4 Å². The second kappa shape index (κ2) is 6.94. The van der Waals surface area contributed by atoms with Gasteiger partial charge in [-0.3, -0.25) is 4.68 Å². The van der Waals surface area contributed by atoms with Crippen molar-refractivity contribution < 1.29 is 0 Å². The summed E-state index contributed by atoms with van der Waals surface area (Å²) in [6.45, 7) is 5.04. The van der Waals surface area contributed by atoms with Crippen LogP contribution in [-0.2, 0) is 19.9 Å². The van der Waals surface area contributed by atoms with E-state index in [0.717, 1.165) is 45.7 Å². The molecule has 0 aromatic carbocycles. The molecule has 3 nitrogen and oxygen atoms in total. The predicted octanol–water partition coefficient (Wildman–Crippen LogP) is 4.24. The van der Waals surface area contributed by atoms with Crippen LogP contribution in [0.3, 0.4) is 0 Å². The Kier molecular flexibility index (Phi) is 5.49. The van der Waals surface area contributed by atoms with Gasteiger partial charge in [0.15, 0.2) is 0 Å². The molecular formula is C14H19Cl2N3S. The monoisotopic (exact) mass is 331 g/mol. The molecule has 0 fully saturated rings. The highest BCUT2D eigenvalue weighted by Gasteiger charge is 2.21. The zero-order valence-corrected chi connectivity index (χ0v) is 14.2. The number of thiophene rings is 1. The average Bonchev–Trinajstić information content (AvgIpc) is 2.96. The third-order valence-corrected chi connectivity index (χ3v) is 5.22. The highest BCUT2D eigenvalue weighted by Crippen LogP contribution is 2.33. The quantitative estimate of drug-likeness (QED) is 0.857. The first-order valence-electron chi connectivity index (χ1n) is 6.74. The molecule has 2 rings (SSSR count). The van der Waals surface area contributed by atoms with Crippen molar-refractivity contribution in [1.82, 2.24) is 15.1 Å². The molecule has 2 aromatic rings. The Morgan fingerprint density at radius 2 is 2.15 bits per heavy atom. The van der Waals surface area contributed by atoms with E-state index < -0.39 is 0 Å². The lowest BCUT2D eigenvalue weighted by atomic mass is 10.1. The van der Waals surface area contributed by atoms with E-state index >= 15 is 0 Å². The third-order valence-electron chi connectivity index (χ3n) is 3.31. The van der Waals surface area contributed by atoms with Crippen LogP contribution < -0.4 is 5.32 Å². The van der Waals surface area contributed by atoms with Crippen LogP contribution in [0.4, 0.5) is 0 Å². The molecule has 1 N–H and O–H groups in total. The Morgan fingerprint density at radius 1 is 1.40 bits per heavy atom. The van der Waals surface area contributed by atoms with Gasteiger partial charge in [0.05, 0.1) is 21.4 Å². The van der Waals surface area contributed by atoms with E-state index in [1.54, 1.807) is 11.3 Å². The van der Waals surface area contributed by atoms with Crippen molar-refractivity contribution in [2.75, 3.05) is 6.54 Å². The number of likely N-dealkylation sites (N-methyl/N-ethyl adjacent to an activating group) is 1. The summed E-state index contributed by atoms with van der Waals surface area (Å²) in [4.78, 5) is 1.16. The van der Waals surface area contributed by atoms with Gasteiger partial charge in [0.2, 0.25) is 0 Å². The SMILES string of the molecule is CCNC(Cc1c(Cl)c(CC)nn1C)c1sccc1Cl. The summed E-state index contributed by atoms with van der Waals surface area (Å²) in [6, 6.07) is 2.11. The maximum atomic E-state index is 6.43. The second-order valence-corrected chi connectivity index (χ2v) is 6.36. The van der Waals surface area contributed by atoms with E-state index in [4.69, 9.17) is 23.2 Å².